The standard InChI is InChI=1S/C19H15BrFN5O/c1-9(2)19(27)25-11-4-5-12(13(21)6-11)17-15(20)14-16(26(17)3)10(7-22)8-24-18(14)23/h4-6,8H,1H2,2-3H3,(H2,23,24)(H,25,27). The average molecular weight is 428 g/mol. The molecule has 1 amide bonds. The Balaban J connectivity index is 2.19. The van der Waals surface area contributed by atoms with Gasteiger partial charge in [0.2, 0.25) is 0 Å². The van der Waals surface area contributed by atoms with E-state index < -0.39 is 5.82 Å². The summed E-state index contributed by atoms with van der Waals surface area (Å²) < 4.78 is 17.1. The number of amides is 1. The molecule has 0 unspecified atom stereocenters. The van der Waals surface area contributed by atoms with Gasteiger partial charge < -0.3 is 15.6 Å². The summed E-state index contributed by atoms with van der Waals surface area (Å²) in [6, 6.07) is 6.45. The maximum atomic E-state index is 14.8. The second kappa shape index (κ2) is 6.85. The monoisotopic (exact) mass is 427 g/mol. The minimum absolute atomic E-state index is 0.239. The van der Waals surface area contributed by atoms with E-state index in [1.165, 1.54) is 12.3 Å². The number of halogens is 2. The molecule has 0 spiro atoms. The van der Waals surface area contributed by atoms with Crippen LogP contribution in [-0.2, 0) is 11.8 Å². The van der Waals surface area contributed by atoms with E-state index in [9.17, 15) is 14.4 Å². The predicted molar refractivity (Wildman–Crippen MR) is 106 cm³/mol. The van der Waals surface area contributed by atoms with Gasteiger partial charge in [0.05, 0.1) is 26.6 Å². The third-order valence-electron chi connectivity index (χ3n) is 4.17. The van der Waals surface area contributed by atoms with Crippen molar-refractivity contribution >= 4 is 44.2 Å². The molecular weight excluding hydrogens is 413 g/mol. The van der Waals surface area contributed by atoms with Crippen LogP contribution in [0.15, 0.2) is 41.0 Å². The van der Waals surface area contributed by atoms with Gasteiger partial charge in [-0.2, -0.15) is 5.26 Å². The average Bonchev–Trinajstić information content (AvgIpc) is 2.88. The number of fused-ring (bicyclic) bond motifs is 1. The van der Waals surface area contributed by atoms with Crippen LogP contribution in [0.5, 0.6) is 0 Å². The summed E-state index contributed by atoms with van der Waals surface area (Å²) in [7, 11) is 1.72. The number of nitrogens with zero attached hydrogens (tertiary/aromatic N) is 3. The number of aryl methyl sites for hydroxylation is 1. The number of hydrogen-bond donors (Lipinski definition) is 2. The van der Waals surface area contributed by atoms with Crippen LogP contribution in [-0.4, -0.2) is 15.5 Å². The number of hydrogen-bond acceptors (Lipinski definition) is 4. The molecule has 0 bridgehead atoms. The van der Waals surface area contributed by atoms with Crippen molar-refractivity contribution in [2.45, 2.75) is 6.92 Å². The molecule has 0 radical (unpaired) electrons. The summed E-state index contributed by atoms with van der Waals surface area (Å²) >= 11 is 3.47. The Hall–Kier alpha value is -3.18. The SMILES string of the molecule is C=C(C)C(=O)Nc1ccc(-c2c(Br)c3c(N)ncc(C#N)c3n2C)c(F)c1. The van der Waals surface area contributed by atoms with Gasteiger partial charge in [-0.1, -0.05) is 6.58 Å². The van der Waals surface area contributed by atoms with Crippen molar-refractivity contribution in [3.63, 3.8) is 0 Å². The topological polar surface area (TPSA) is 96.7 Å². The molecule has 3 rings (SSSR count). The number of nitrogen functional groups attached to an aromatic ring is 1. The molecule has 8 heteroatoms. The maximum absolute atomic E-state index is 14.8. The molecule has 2 aromatic heterocycles. The van der Waals surface area contributed by atoms with Crippen molar-refractivity contribution in [1.82, 2.24) is 9.55 Å². The van der Waals surface area contributed by atoms with E-state index in [0.717, 1.165) is 0 Å². The Bertz CT molecular complexity index is 1160. The van der Waals surface area contributed by atoms with Gasteiger partial charge in [0.1, 0.15) is 17.7 Å². The summed E-state index contributed by atoms with van der Waals surface area (Å²) in [6.07, 6.45) is 1.39. The van der Waals surface area contributed by atoms with Crippen molar-refractivity contribution < 1.29 is 9.18 Å². The molecule has 3 N–H and O–H groups in total. The Morgan fingerprint density at radius 1 is 1.48 bits per heavy atom. The van der Waals surface area contributed by atoms with Crippen LogP contribution in [0.1, 0.15) is 12.5 Å². The van der Waals surface area contributed by atoms with Gasteiger partial charge in [0, 0.05) is 30.1 Å². The first-order chi connectivity index (χ1) is 12.8. The minimum Gasteiger partial charge on any atom is -0.383 e. The number of pyridine rings is 1. The van der Waals surface area contributed by atoms with Crippen molar-refractivity contribution in [3.05, 3.63) is 52.4 Å². The minimum atomic E-state index is -0.536. The first-order valence-electron chi connectivity index (χ1n) is 7.85. The van der Waals surface area contributed by atoms with Crippen LogP contribution < -0.4 is 11.1 Å². The maximum Gasteiger partial charge on any atom is 0.250 e. The van der Waals surface area contributed by atoms with Crippen LogP contribution in [0.4, 0.5) is 15.9 Å². The van der Waals surface area contributed by atoms with Gasteiger partial charge in [0.15, 0.2) is 0 Å². The van der Waals surface area contributed by atoms with Gasteiger partial charge in [-0.3, -0.25) is 4.79 Å². The lowest BCUT2D eigenvalue weighted by molar-refractivity contribution is -0.112. The highest BCUT2D eigenvalue weighted by Crippen LogP contribution is 2.41. The molecule has 27 heavy (non-hydrogen) atoms. The fourth-order valence-corrected chi connectivity index (χ4v) is 3.73. The van der Waals surface area contributed by atoms with E-state index in [1.54, 1.807) is 30.7 Å². The molecule has 0 aliphatic heterocycles. The third kappa shape index (κ3) is 3.06. The van der Waals surface area contributed by atoms with E-state index in [1.807, 2.05) is 0 Å². The summed E-state index contributed by atoms with van der Waals surface area (Å²) in [5.41, 5.74) is 8.31. The summed E-state index contributed by atoms with van der Waals surface area (Å²) in [5, 5.41) is 12.5. The number of rotatable bonds is 3. The predicted octanol–water partition coefficient (Wildman–Crippen LogP) is 4.11. The van der Waals surface area contributed by atoms with Crippen molar-refractivity contribution in [3.8, 4) is 17.3 Å². The molecule has 0 fully saturated rings. The molecule has 0 aliphatic rings. The Labute approximate surface area is 163 Å². The van der Waals surface area contributed by atoms with E-state index in [-0.39, 0.29) is 17.3 Å². The van der Waals surface area contributed by atoms with Gasteiger partial charge in [-0.25, -0.2) is 9.37 Å². The van der Waals surface area contributed by atoms with E-state index in [0.29, 0.717) is 37.9 Å². The summed E-state index contributed by atoms with van der Waals surface area (Å²) in [5.74, 6) is -0.680. The zero-order chi connectivity index (χ0) is 19.9. The quantitative estimate of drug-likeness (QED) is 0.614. The largest absolute Gasteiger partial charge is 0.383 e. The normalized spacial score (nSPS) is 10.6. The number of nitriles is 1. The number of carbonyl (C=O) groups is 1. The van der Waals surface area contributed by atoms with E-state index in [2.05, 4.69) is 38.9 Å². The van der Waals surface area contributed by atoms with Crippen molar-refractivity contribution in [2.24, 2.45) is 7.05 Å². The fourth-order valence-electron chi connectivity index (χ4n) is 2.86. The van der Waals surface area contributed by atoms with Gasteiger partial charge in [0.25, 0.3) is 5.91 Å². The first-order valence-corrected chi connectivity index (χ1v) is 8.64. The van der Waals surface area contributed by atoms with Crippen LogP contribution in [0.3, 0.4) is 0 Å². The Morgan fingerprint density at radius 3 is 2.78 bits per heavy atom. The molecule has 0 atom stereocenters. The summed E-state index contributed by atoms with van der Waals surface area (Å²) in [6.45, 7) is 5.12. The molecule has 136 valence electrons. The second-order valence-corrected chi connectivity index (χ2v) is 6.84. The zero-order valence-corrected chi connectivity index (χ0v) is 16.2. The van der Waals surface area contributed by atoms with Crippen LogP contribution in [0, 0.1) is 17.1 Å². The zero-order valence-electron chi connectivity index (χ0n) is 14.6. The van der Waals surface area contributed by atoms with Gasteiger partial charge >= 0.3 is 0 Å². The number of aromatic nitrogens is 2. The van der Waals surface area contributed by atoms with E-state index in [4.69, 9.17) is 5.73 Å². The lowest BCUT2D eigenvalue weighted by atomic mass is 10.1. The van der Waals surface area contributed by atoms with E-state index >= 15 is 0 Å². The Morgan fingerprint density at radius 2 is 2.19 bits per heavy atom. The number of nitrogens with one attached hydrogen (secondary N) is 1. The molecule has 0 aliphatic carbocycles. The Kier molecular flexibility index (Phi) is 4.72. The first kappa shape index (κ1) is 18.6. The highest BCUT2D eigenvalue weighted by Gasteiger charge is 2.22. The molecular formula is C19H15BrFN5O. The number of benzene rings is 1. The number of carbonyl (C=O) groups excluding carboxylic acids is 1. The van der Waals surface area contributed by atoms with Crippen LogP contribution >= 0.6 is 15.9 Å². The molecule has 0 saturated heterocycles. The fraction of sp³-hybridized carbons (Fsp3) is 0.105. The van der Waals surface area contributed by atoms with Crippen LogP contribution in [0.2, 0.25) is 0 Å². The highest BCUT2D eigenvalue weighted by atomic mass is 79.9. The summed E-state index contributed by atoms with van der Waals surface area (Å²) in [4.78, 5) is 15.8. The molecule has 1 aromatic carbocycles. The lowest BCUT2D eigenvalue weighted by Gasteiger charge is -2.10. The molecule has 6 nitrogen and oxygen atoms in total. The molecule has 3 aromatic rings. The van der Waals surface area contributed by atoms with Crippen molar-refractivity contribution in [1.29, 1.82) is 5.26 Å². The van der Waals surface area contributed by atoms with Crippen LogP contribution in [0.25, 0.3) is 22.2 Å². The second-order valence-electron chi connectivity index (χ2n) is 6.04. The highest BCUT2D eigenvalue weighted by molar-refractivity contribution is 9.10. The van der Waals surface area contributed by atoms with Gasteiger partial charge in [-0.05, 0) is 41.1 Å². The molecule has 2 heterocycles. The number of nitrogens with two attached hydrogens (primary N) is 1. The third-order valence-corrected chi connectivity index (χ3v) is 4.94. The van der Waals surface area contributed by atoms with Crippen molar-refractivity contribution in [2.75, 3.05) is 11.1 Å². The molecule has 0 saturated carbocycles. The smallest absolute Gasteiger partial charge is 0.250 e. The van der Waals surface area contributed by atoms with Gasteiger partial charge in [-0.15, -0.1) is 0 Å². The number of anilines is 2. The lowest BCUT2D eigenvalue weighted by Crippen LogP contribution is -2.12.